The molecule has 0 amide bonds. The summed E-state index contributed by atoms with van der Waals surface area (Å²) in [5.41, 5.74) is -5.82. The molecule has 0 saturated heterocycles. The number of fused-ring (bicyclic) bond motifs is 1. The first-order valence-electron chi connectivity index (χ1n) is 12.7. The molecule has 4 N–H and O–H groups in total. The Morgan fingerprint density at radius 1 is 1.11 bits per heavy atom. The number of carbonyl (C=O) groups is 2. The highest BCUT2D eigenvalue weighted by molar-refractivity contribution is 5.88. The molecule has 1 aromatic carbocycles. The predicted molar refractivity (Wildman–Crippen MR) is 132 cm³/mol. The number of rotatable bonds is 3. The van der Waals surface area contributed by atoms with Gasteiger partial charge in [0.05, 0.1) is 18.3 Å². The van der Waals surface area contributed by atoms with E-state index in [0.717, 1.165) is 5.56 Å². The lowest BCUT2D eigenvalue weighted by atomic mass is 9.42. The van der Waals surface area contributed by atoms with Crippen molar-refractivity contribution in [2.24, 2.45) is 27.6 Å². The van der Waals surface area contributed by atoms with E-state index in [2.05, 4.69) is 6.58 Å². The number of ether oxygens (including phenoxy) is 1. The average molecular weight is 497 g/mol. The quantitative estimate of drug-likeness (QED) is 0.288. The van der Waals surface area contributed by atoms with E-state index in [9.17, 15) is 30.0 Å². The number of aliphatic hydroxyl groups is 4. The van der Waals surface area contributed by atoms with Crippen molar-refractivity contribution in [3.8, 4) is 0 Å². The third-order valence-corrected chi connectivity index (χ3v) is 10.9. The summed E-state index contributed by atoms with van der Waals surface area (Å²) in [5, 5.41) is 47.2. The summed E-state index contributed by atoms with van der Waals surface area (Å²) in [6.07, 6.45) is -1.65. The minimum atomic E-state index is -1.85. The van der Waals surface area contributed by atoms with Gasteiger partial charge in [-0.25, -0.2) is 4.79 Å². The molecule has 0 radical (unpaired) electrons. The van der Waals surface area contributed by atoms with Crippen molar-refractivity contribution in [3.05, 3.63) is 54.1 Å². The molecule has 7 nitrogen and oxygen atoms in total. The van der Waals surface area contributed by atoms with Crippen LogP contribution in [-0.2, 0) is 14.3 Å². The number of carbonyl (C=O) groups excluding carboxylic acids is 2. The molecule has 4 fully saturated rings. The van der Waals surface area contributed by atoms with Crippen molar-refractivity contribution in [2.45, 2.75) is 77.0 Å². The highest BCUT2D eigenvalue weighted by atomic mass is 16.5. The van der Waals surface area contributed by atoms with Crippen LogP contribution in [-0.4, -0.2) is 62.2 Å². The molecule has 0 aromatic heterocycles. The first-order chi connectivity index (χ1) is 16.7. The van der Waals surface area contributed by atoms with Crippen molar-refractivity contribution in [2.75, 3.05) is 0 Å². The molecule has 9 atom stereocenters. The number of ketones is 1. The Bertz CT molecular complexity index is 1160. The van der Waals surface area contributed by atoms with Gasteiger partial charge in [0.15, 0.2) is 0 Å². The van der Waals surface area contributed by atoms with Crippen LogP contribution in [0.1, 0.15) is 52.5 Å². The van der Waals surface area contributed by atoms with Crippen LogP contribution in [0.15, 0.2) is 48.6 Å². The predicted octanol–water partition coefficient (Wildman–Crippen LogP) is 2.42. The lowest BCUT2D eigenvalue weighted by molar-refractivity contribution is -0.203. The van der Waals surface area contributed by atoms with Crippen molar-refractivity contribution in [1.29, 1.82) is 0 Å². The molecular weight excluding hydrogens is 460 g/mol. The molecule has 4 aliphatic carbocycles. The van der Waals surface area contributed by atoms with E-state index in [4.69, 9.17) is 4.74 Å². The zero-order valence-corrected chi connectivity index (χ0v) is 21.3. The molecule has 194 valence electrons. The SMILES string of the molecule is C=C1[C@@H](OC(=O)C=Cc2ccccc2)CC[C@@]2(C)[C@@H](O)[C@H](O)[C@@]34[C@@H](C)C(=O)C[C@](O)([C@@H](O)[C@@]132)C4(C)C. The number of hydrogen-bond acceptors (Lipinski definition) is 7. The Balaban J connectivity index is 1.61. The van der Waals surface area contributed by atoms with Gasteiger partial charge < -0.3 is 25.2 Å². The second-order valence-corrected chi connectivity index (χ2v) is 12.0. The van der Waals surface area contributed by atoms with Gasteiger partial charge in [-0.3, -0.25) is 4.79 Å². The van der Waals surface area contributed by atoms with E-state index in [1.165, 1.54) is 6.08 Å². The van der Waals surface area contributed by atoms with Crippen LogP contribution in [0.3, 0.4) is 0 Å². The molecule has 0 aliphatic heterocycles. The standard InChI is InChI=1S/C29H36O7/c1-16-19(30)15-27(35)24(34)29-17(2)20(36-21(31)12-11-18-9-7-6-8-10-18)13-14-26(29,5)22(32)23(33)28(16,29)25(27,3)4/h6-12,16,20,22-24,32-35H,2,13-15H2,1,3-5H3/t16-,20-,22-,23-,24+,26-,27-,28+,29+/m0/s1. The van der Waals surface area contributed by atoms with Crippen LogP contribution in [0.2, 0.25) is 0 Å². The second kappa shape index (κ2) is 7.60. The summed E-state index contributed by atoms with van der Waals surface area (Å²) in [6.45, 7) is 11.3. The lowest BCUT2D eigenvalue weighted by Crippen LogP contribution is -2.64. The Morgan fingerprint density at radius 3 is 2.39 bits per heavy atom. The van der Waals surface area contributed by atoms with Gasteiger partial charge in [0.1, 0.15) is 17.5 Å². The second-order valence-electron chi connectivity index (χ2n) is 12.0. The number of Topliss-reactive ketones (excluding diaryl/α,β-unsaturated/α-hetero) is 1. The van der Waals surface area contributed by atoms with E-state index in [-0.39, 0.29) is 12.2 Å². The Hall–Kier alpha value is -2.32. The number of benzene rings is 1. The zero-order chi connectivity index (χ0) is 26.5. The minimum absolute atomic E-state index is 0.262. The van der Waals surface area contributed by atoms with Crippen molar-refractivity contribution >= 4 is 17.8 Å². The van der Waals surface area contributed by atoms with E-state index in [1.54, 1.807) is 33.8 Å². The number of aliphatic hydroxyl groups excluding tert-OH is 3. The molecule has 0 unspecified atom stereocenters. The molecule has 4 aliphatic rings. The maximum atomic E-state index is 13.3. The highest BCUT2D eigenvalue weighted by Crippen LogP contribution is 2.86. The van der Waals surface area contributed by atoms with Gasteiger partial charge in [0.25, 0.3) is 0 Å². The molecule has 2 bridgehead atoms. The normalized spacial score (nSPS) is 47.1. The summed E-state index contributed by atoms with van der Waals surface area (Å²) in [5.74, 6) is -1.64. The summed E-state index contributed by atoms with van der Waals surface area (Å²) in [4.78, 5) is 26.1. The van der Waals surface area contributed by atoms with Gasteiger partial charge >= 0.3 is 5.97 Å². The third-order valence-electron chi connectivity index (χ3n) is 10.9. The summed E-state index contributed by atoms with van der Waals surface area (Å²) in [7, 11) is 0. The molecular formula is C29H36O7. The van der Waals surface area contributed by atoms with E-state index in [0.29, 0.717) is 18.4 Å². The summed E-state index contributed by atoms with van der Waals surface area (Å²) in [6, 6.07) is 9.31. The molecule has 7 heteroatoms. The first kappa shape index (κ1) is 25.3. The maximum absolute atomic E-state index is 13.3. The van der Waals surface area contributed by atoms with Crippen LogP contribution in [0.25, 0.3) is 6.08 Å². The Morgan fingerprint density at radius 2 is 1.75 bits per heavy atom. The summed E-state index contributed by atoms with van der Waals surface area (Å²) < 4.78 is 5.84. The van der Waals surface area contributed by atoms with Crippen LogP contribution in [0, 0.1) is 27.6 Å². The van der Waals surface area contributed by atoms with Crippen molar-refractivity contribution in [1.82, 2.24) is 0 Å². The van der Waals surface area contributed by atoms with Gasteiger partial charge in [-0.15, -0.1) is 0 Å². The molecule has 0 heterocycles. The monoisotopic (exact) mass is 496 g/mol. The van der Waals surface area contributed by atoms with Crippen LogP contribution >= 0.6 is 0 Å². The maximum Gasteiger partial charge on any atom is 0.331 e. The van der Waals surface area contributed by atoms with E-state index >= 15 is 0 Å². The fraction of sp³-hybridized carbons (Fsp3) is 0.586. The number of hydrogen-bond donors (Lipinski definition) is 4. The van der Waals surface area contributed by atoms with E-state index < -0.39 is 63.6 Å². The molecule has 5 rings (SSSR count). The average Bonchev–Trinajstić information content (AvgIpc) is 3.04. The smallest absolute Gasteiger partial charge is 0.331 e. The van der Waals surface area contributed by atoms with Gasteiger partial charge in [0, 0.05) is 40.1 Å². The van der Waals surface area contributed by atoms with Crippen molar-refractivity contribution in [3.63, 3.8) is 0 Å². The van der Waals surface area contributed by atoms with Gasteiger partial charge in [-0.05, 0) is 30.1 Å². The largest absolute Gasteiger partial charge is 0.455 e. The molecule has 36 heavy (non-hydrogen) atoms. The van der Waals surface area contributed by atoms with E-state index in [1.807, 2.05) is 30.3 Å². The minimum Gasteiger partial charge on any atom is -0.455 e. The Kier molecular flexibility index (Phi) is 5.35. The highest BCUT2D eigenvalue weighted by Gasteiger charge is 2.93. The Labute approximate surface area is 211 Å². The van der Waals surface area contributed by atoms with Crippen molar-refractivity contribution < 1.29 is 34.8 Å². The van der Waals surface area contributed by atoms with Gasteiger partial charge in [0.2, 0.25) is 0 Å². The fourth-order valence-electron chi connectivity index (χ4n) is 9.18. The van der Waals surface area contributed by atoms with Crippen LogP contribution < -0.4 is 0 Å². The van der Waals surface area contributed by atoms with Crippen LogP contribution in [0.4, 0.5) is 0 Å². The molecule has 4 saturated carbocycles. The number of esters is 1. The molecule has 1 aromatic rings. The van der Waals surface area contributed by atoms with Crippen LogP contribution in [0.5, 0.6) is 0 Å². The zero-order valence-electron chi connectivity index (χ0n) is 21.3. The lowest BCUT2D eigenvalue weighted by Gasteiger charge is -2.60. The van der Waals surface area contributed by atoms with Gasteiger partial charge in [-0.2, -0.15) is 0 Å². The third kappa shape index (κ3) is 2.48. The fourth-order valence-corrected chi connectivity index (χ4v) is 9.18. The topological polar surface area (TPSA) is 124 Å². The molecule has 2 spiro atoms. The summed E-state index contributed by atoms with van der Waals surface area (Å²) >= 11 is 0. The first-order valence-corrected chi connectivity index (χ1v) is 12.7. The van der Waals surface area contributed by atoms with Gasteiger partial charge in [-0.1, -0.05) is 64.6 Å².